The summed E-state index contributed by atoms with van der Waals surface area (Å²) in [4.78, 5) is 2.47. The molecule has 1 heterocycles. The van der Waals surface area contributed by atoms with Gasteiger partial charge in [0.25, 0.3) is 0 Å². The second-order valence-electron chi connectivity index (χ2n) is 4.30. The van der Waals surface area contributed by atoms with Gasteiger partial charge in [-0.3, -0.25) is 0 Å². The first kappa shape index (κ1) is 8.16. The number of aromatic hydroxyl groups is 1. The fourth-order valence-corrected chi connectivity index (χ4v) is 2.52. The first-order valence-corrected chi connectivity index (χ1v) is 5.44. The van der Waals surface area contributed by atoms with Crippen molar-refractivity contribution >= 4 is 5.69 Å². The molecular formula is C12H15NO. The van der Waals surface area contributed by atoms with Crippen LogP contribution >= 0.6 is 0 Å². The highest BCUT2D eigenvalue weighted by Gasteiger charge is 2.30. The molecule has 74 valence electrons. The van der Waals surface area contributed by atoms with Crippen LogP contribution in [0.15, 0.2) is 18.2 Å². The van der Waals surface area contributed by atoms with Crippen molar-refractivity contribution in [2.45, 2.75) is 31.7 Å². The smallest absolute Gasteiger partial charge is 0.120 e. The Morgan fingerprint density at radius 1 is 1.29 bits per heavy atom. The monoisotopic (exact) mass is 189 g/mol. The number of rotatable bonds is 1. The molecule has 1 fully saturated rings. The molecule has 2 nitrogen and oxygen atoms in total. The van der Waals surface area contributed by atoms with Crippen LogP contribution in [0.1, 0.15) is 24.8 Å². The van der Waals surface area contributed by atoms with Gasteiger partial charge < -0.3 is 10.0 Å². The van der Waals surface area contributed by atoms with Crippen LogP contribution in [0.25, 0.3) is 0 Å². The number of benzene rings is 1. The quantitative estimate of drug-likeness (QED) is 0.732. The standard InChI is InChI=1S/C12H15NO/c14-12-6-2-5-11-10(12)7-8-13(11)9-3-1-4-9/h2,5-6,9,14H,1,3-4,7-8H2. The van der Waals surface area contributed by atoms with Crippen molar-refractivity contribution in [3.63, 3.8) is 0 Å². The molecule has 1 aromatic carbocycles. The van der Waals surface area contributed by atoms with Gasteiger partial charge in [0.15, 0.2) is 0 Å². The fraction of sp³-hybridized carbons (Fsp3) is 0.500. The van der Waals surface area contributed by atoms with E-state index in [-0.39, 0.29) is 0 Å². The topological polar surface area (TPSA) is 23.5 Å². The summed E-state index contributed by atoms with van der Waals surface area (Å²) in [5.74, 6) is 0.476. The molecule has 0 radical (unpaired) electrons. The van der Waals surface area contributed by atoms with Crippen molar-refractivity contribution in [1.29, 1.82) is 0 Å². The van der Waals surface area contributed by atoms with Crippen LogP contribution in [0.2, 0.25) is 0 Å². The Hall–Kier alpha value is -1.18. The molecule has 0 spiro atoms. The van der Waals surface area contributed by atoms with E-state index in [1.54, 1.807) is 6.07 Å². The van der Waals surface area contributed by atoms with Gasteiger partial charge in [-0.1, -0.05) is 6.07 Å². The molecule has 2 aliphatic rings. The maximum absolute atomic E-state index is 9.69. The summed E-state index contributed by atoms with van der Waals surface area (Å²) in [6.07, 6.45) is 5.04. The van der Waals surface area contributed by atoms with Gasteiger partial charge in [-0.2, -0.15) is 0 Å². The molecule has 0 bridgehead atoms. The van der Waals surface area contributed by atoms with E-state index in [9.17, 15) is 5.11 Å². The highest BCUT2D eigenvalue weighted by atomic mass is 16.3. The third-order valence-corrected chi connectivity index (χ3v) is 3.55. The lowest BCUT2D eigenvalue weighted by Gasteiger charge is -2.36. The first-order chi connectivity index (χ1) is 6.86. The molecule has 0 unspecified atom stereocenters. The molecule has 0 saturated heterocycles. The minimum Gasteiger partial charge on any atom is -0.508 e. The van der Waals surface area contributed by atoms with Gasteiger partial charge in [0.1, 0.15) is 5.75 Å². The molecule has 0 atom stereocenters. The lowest BCUT2D eigenvalue weighted by atomic mass is 9.91. The second kappa shape index (κ2) is 2.91. The van der Waals surface area contributed by atoms with Crippen molar-refractivity contribution in [1.82, 2.24) is 0 Å². The van der Waals surface area contributed by atoms with Crippen LogP contribution in [0, 0.1) is 0 Å². The minimum absolute atomic E-state index is 0.476. The Balaban J connectivity index is 1.97. The van der Waals surface area contributed by atoms with Gasteiger partial charge in [-0.05, 0) is 37.8 Å². The summed E-state index contributed by atoms with van der Waals surface area (Å²) in [6.45, 7) is 1.09. The van der Waals surface area contributed by atoms with E-state index < -0.39 is 0 Å². The molecule has 14 heavy (non-hydrogen) atoms. The third-order valence-electron chi connectivity index (χ3n) is 3.55. The second-order valence-corrected chi connectivity index (χ2v) is 4.30. The zero-order chi connectivity index (χ0) is 9.54. The van der Waals surface area contributed by atoms with E-state index in [1.807, 2.05) is 6.07 Å². The molecule has 1 aliphatic carbocycles. The lowest BCUT2D eigenvalue weighted by molar-refractivity contribution is 0.392. The Morgan fingerprint density at radius 2 is 2.14 bits per heavy atom. The molecular weight excluding hydrogens is 174 g/mol. The van der Waals surface area contributed by atoms with Crippen LogP contribution in [0.3, 0.4) is 0 Å². The molecule has 2 heteroatoms. The molecule has 1 aliphatic heterocycles. The number of hydrogen-bond acceptors (Lipinski definition) is 2. The average Bonchev–Trinajstić information content (AvgIpc) is 2.48. The summed E-state index contributed by atoms with van der Waals surface area (Å²) in [6, 6.07) is 6.63. The summed E-state index contributed by atoms with van der Waals surface area (Å²) < 4.78 is 0. The lowest BCUT2D eigenvalue weighted by Crippen LogP contribution is -2.38. The minimum atomic E-state index is 0.476. The number of phenols is 1. The zero-order valence-corrected chi connectivity index (χ0v) is 8.24. The fourth-order valence-electron chi connectivity index (χ4n) is 2.52. The van der Waals surface area contributed by atoms with E-state index in [2.05, 4.69) is 11.0 Å². The van der Waals surface area contributed by atoms with E-state index >= 15 is 0 Å². The van der Waals surface area contributed by atoms with Crippen molar-refractivity contribution < 1.29 is 5.11 Å². The number of phenolic OH excluding ortho intramolecular Hbond substituents is 1. The molecule has 3 rings (SSSR count). The van der Waals surface area contributed by atoms with Crippen molar-refractivity contribution in [2.75, 3.05) is 11.4 Å². The maximum Gasteiger partial charge on any atom is 0.120 e. The number of hydrogen-bond donors (Lipinski definition) is 1. The summed E-state index contributed by atoms with van der Waals surface area (Å²) in [5.41, 5.74) is 2.43. The Labute approximate surface area is 84.2 Å². The molecule has 1 aromatic rings. The number of anilines is 1. The van der Waals surface area contributed by atoms with Crippen molar-refractivity contribution in [3.05, 3.63) is 23.8 Å². The van der Waals surface area contributed by atoms with E-state index in [0.29, 0.717) is 5.75 Å². The van der Waals surface area contributed by atoms with Crippen molar-refractivity contribution in [3.8, 4) is 5.75 Å². The average molecular weight is 189 g/mol. The van der Waals surface area contributed by atoms with Gasteiger partial charge in [0, 0.05) is 23.8 Å². The Bertz CT molecular complexity index is 357. The molecule has 1 N–H and O–H groups in total. The molecule has 0 amide bonds. The normalized spacial score (nSPS) is 20.7. The Morgan fingerprint density at radius 3 is 2.86 bits per heavy atom. The summed E-state index contributed by atoms with van der Waals surface area (Å²) in [7, 11) is 0. The highest BCUT2D eigenvalue weighted by Crippen LogP contribution is 2.39. The SMILES string of the molecule is Oc1cccc2c1CCN2C1CCC1. The van der Waals surface area contributed by atoms with Crippen LogP contribution < -0.4 is 4.90 Å². The van der Waals surface area contributed by atoms with Gasteiger partial charge in [0.05, 0.1) is 0 Å². The van der Waals surface area contributed by atoms with E-state index in [4.69, 9.17) is 0 Å². The molecule has 1 saturated carbocycles. The van der Waals surface area contributed by atoms with Crippen LogP contribution in [0.5, 0.6) is 5.75 Å². The van der Waals surface area contributed by atoms with Gasteiger partial charge >= 0.3 is 0 Å². The predicted octanol–water partition coefficient (Wildman–Crippen LogP) is 2.31. The summed E-state index contributed by atoms with van der Waals surface area (Å²) in [5, 5.41) is 9.69. The largest absolute Gasteiger partial charge is 0.508 e. The first-order valence-electron chi connectivity index (χ1n) is 5.44. The number of fused-ring (bicyclic) bond motifs is 1. The van der Waals surface area contributed by atoms with Gasteiger partial charge in [-0.25, -0.2) is 0 Å². The third kappa shape index (κ3) is 1.03. The van der Waals surface area contributed by atoms with Crippen molar-refractivity contribution in [2.24, 2.45) is 0 Å². The van der Waals surface area contributed by atoms with Gasteiger partial charge in [0.2, 0.25) is 0 Å². The zero-order valence-electron chi connectivity index (χ0n) is 8.24. The maximum atomic E-state index is 9.69. The predicted molar refractivity (Wildman–Crippen MR) is 56.8 cm³/mol. The Kier molecular flexibility index (Phi) is 1.69. The van der Waals surface area contributed by atoms with Crippen LogP contribution in [-0.4, -0.2) is 17.7 Å². The number of nitrogens with zero attached hydrogens (tertiary/aromatic N) is 1. The van der Waals surface area contributed by atoms with E-state index in [1.165, 1.54) is 24.9 Å². The van der Waals surface area contributed by atoms with Crippen LogP contribution in [0.4, 0.5) is 5.69 Å². The van der Waals surface area contributed by atoms with Gasteiger partial charge in [-0.15, -0.1) is 0 Å². The van der Waals surface area contributed by atoms with Crippen LogP contribution in [-0.2, 0) is 6.42 Å². The van der Waals surface area contributed by atoms with E-state index in [0.717, 1.165) is 24.6 Å². The molecule has 0 aromatic heterocycles. The summed E-state index contributed by atoms with van der Waals surface area (Å²) >= 11 is 0. The highest BCUT2D eigenvalue weighted by molar-refractivity contribution is 5.63.